The van der Waals surface area contributed by atoms with Gasteiger partial charge in [0.05, 0.1) is 0 Å². The van der Waals surface area contributed by atoms with Gasteiger partial charge in [-0.05, 0) is 43.4 Å². The molecule has 0 bridgehead atoms. The molecular formula is C16H22N2O. The number of likely N-dealkylation sites (tertiary alicyclic amines) is 1. The van der Waals surface area contributed by atoms with Gasteiger partial charge in [-0.25, -0.2) is 0 Å². The molecule has 0 radical (unpaired) electrons. The van der Waals surface area contributed by atoms with E-state index >= 15 is 0 Å². The molecule has 3 nitrogen and oxygen atoms in total. The number of rotatable bonds is 2. The summed E-state index contributed by atoms with van der Waals surface area (Å²) >= 11 is 0. The Morgan fingerprint density at radius 3 is 2.47 bits per heavy atom. The molecule has 0 aromatic heterocycles. The lowest BCUT2D eigenvalue weighted by Crippen LogP contribution is -2.44. The molecule has 2 fully saturated rings. The maximum atomic E-state index is 12.3. The number of carbonyl (C=O) groups is 1. The van der Waals surface area contributed by atoms with Crippen molar-refractivity contribution < 1.29 is 4.79 Å². The standard InChI is InChI=1S/C16H22N2O/c17-15-8-6-12(7-9-15)14-5-2-10-18(11-14)16(19)13-3-1-4-13/h6-9,13-14H,1-5,10-11,17H2. The van der Waals surface area contributed by atoms with E-state index in [1.165, 1.54) is 18.4 Å². The maximum absolute atomic E-state index is 12.3. The minimum absolute atomic E-state index is 0.324. The Bertz CT molecular complexity index is 450. The van der Waals surface area contributed by atoms with Crippen molar-refractivity contribution in [2.45, 2.75) is 38.0 Å². The van der Waals surface area contributed by atoms with Crippen LogP contribution < -0.4 is 5.73 Å². The molecule has 2 N–H and O–H groups in total. The zero-order chi connectivity index (χ0) is 13.2. The Hall–Kier alpha value is -1.51. The zero-order valence-corrected chi connectivity index (χ0v) is 11.3. The number of anilines is 1. The second-order valence-electron chi connectivity index (χ2n) is 5.92. The van der Waals surface area contributed by atoms with E-state index in [4.69, 9.17) is 5.73 Å². The molecule has 2 aliphatic rings. The third-order valence-electron chi connectivity index (χ3n) is 4.60. The van der Waals surface area contributed by atoms with Crippen molar-refractivity contribution in [2.75, 3.05) is 18.8 Å². The Labute approximate surface area is 114 Å². The van der Waals surface area contributed by atoms with Gasteiger partial charge in [-0.3, -0.25) is 4.79 Å². The molecule has 1 aromatic carbocycles. The number of nitrogens with zero attached hydrogens (tertiary/aromatic N) is 1. The summed E-state index contributed by atoms with van der Waals surface area (Å²) in [6.45, 7) is 1.83. The predicted octanol–water partition coefficient (Wildman–Crippen LogP) is 2.77. The normalized spacial score (nSPS) is 24.0. The number of hydrogen-bond donors (Lipinski definition) is 1. The van der Waals surface area contributed by atoms with Crippen LogP contribution in [0.25, 0.3) is 0 Å². The van der Waals surface area contributed by atoms with E-state index in [0.717, 1.165) is 38.0 Å². The van der Waals surface area contributed by atoms with Crippen molar-refractivity contribution in [3.8, 4) is 0 Å². The molecule has 1 atom stereocenters. The summed E-state index contributed by atoms with van der Waals surface area (Å²) in [5, 5.41) is 0. The first-order valence-corrected chi connectivity index (χ1v) is 7.38. The van der Waals surface area contributed by atoms with Crippen LogP contribution in [0.1, 0.15) is 43.6 Å². The van der Waals surface area contributed by atoms with Gasteiger partial charge in [0, 0.05) is 30.6 Å². The average Bonchev–Trinajstić information content (AvgIpc) is 2.38. The Balaban J connectivity index is 1.67. The number of carbonyl (C=O) groups excluding carboxylic acids is 1. The molecule has 1 aromatic rings. The summed E-state index contributed by atoms with van der Waals surface area (Å²) in [6, 6.07) is 8.14. The third kappa shape index (κ3) is 2.60. The highest BCUT2D eigenvalue weighted by Gasteiger charge is 2.32. The predicted molar refractivity (Wildman–Crippen MR) is 76.8 cm³/mol. The van der Waals surface area contributed by atoms with Crippen molar-refractivity contribution >= 4 is 11.6 Å². The fraction of sp³-hybridized carbons (Fsp3) is 0.562. The third-order valence-corrected chi connectivity index (χ3v) is 4.60. The Morgan fingerprint density at radius 1 is 1.11 bits per heavy atom. The minimum atomic E-state index is 0.324. The van der Waals surface area contributed by atoms with Crippen LogP contribution in [0.3, 0.4) is 0 Å². The van der Waals surface area contributed by atoms with Gasteiger partial charge in [0.25, 0.3) is 0 Å². The number of nitrogens with two attached hydrogens (primary N) is 1. The fourth-order valence-corrected chi connectivity index (χ4v) is 3.13. The Kier molecular flexibility index (Phi) is 3.45. The topological polar surface area (TPSA) is 46.3 Å². The van der Waals surface area contributed by atoms with Crippen LogP contribution in [0.15, 0.2) is 24.3 Å². The van der Waals surface area contributed by atoms with Crippen LogP contribution in [0.4, 0.5) is 5.69 Å². The molecule has 1 saturated carbocycles. The number of piperidine rings is 1. The van der Waals surface area contributed by atoms with Gasteiger partial charge in [0.2, 0.25) is 5.91 Å². The SMILES string of the molecule is Nc1ccc(C2CCCN(C(=O)C3CCC3)C2)cc1. The van der Waals surface area contributed by atoms with Crippen molar-refractivity contribution in [1.82, 2.24) is 4.90 Å². The van der Waals surface area contributed by atoms with Gasteiger partial charge in [0.1, 0.15) is 0 Å². The van der Waals surface area contributed by atoms with E-state index in [1.54, 1.807) is 0 Å². The van der Waals surface area contributed by atoms with Crippen LogP contribution in [-0.4, -0.2) is 23.9 Å². The lowest BCUT2D eigenvalue weighted by atomic mass is 9.83. The van der Waals surface area contributed by atoms with E-state index in [9.17, 15) is 4.79 Å². The molecule has 19 heavy (non-hydrogen) atoms. The summed E-state index contributed by atoms with van der Waals surface area (Å²) in [4.78, 5) is 14.4. The lowest BCUT2D eigenvalue weighted by Gasteiger charge is -2.37. The maximum Gasteiger partial charge on any atom is 0.225 e. The second kappa shape index (κ2) is 5.24. The number of amides is 1. The molecule has 3 heteroatoms. The summed E-state index contributed by atoms with van der Waals surface area (Å²) < 4.78 is 0. The van der Waals surface area contributed by atoms with Gasteiger partial charge >= 0.3 is 0 Å². The summed E-state index contributed by atoms with van der Waals surface area (Å²) in [6.07, 6.45) is 5.72. The van der Waals surface area contributed by atoms with E-state index in [-0.39, 0.29) is 0 Å². The number of benzene rings is 1. The average molecular weight is 258 g/mol. The molecule has 1 aliphatic carbocycles. The van der Waals surface area contributed by atoms with Crippen LogP contribution in [0.5, 0.6) is 0 Å². The quantitative estimate of drug-likeness (QED) is 0.829. The van der Waals surface area contributed by atoms with Crippen molar-refractivity contribution in [3.05, 3.63) is 29.8 Å². The summed E-state index contributed by atoms with van der Waals surface area (Å²) in [7, 11) is 0. The van der Waals surface area contributed by atoms with Crippen LogP contribution in [0.2, 0.25) is 0 Å². The molecule has 3 rings (SSSR count). The van der Waals surface area contributed by atoms with Crippen molar-refractivity contribution in [2.24, 2.45) is 5.92 Å². The number of nitrogen functional groups attached to an aromatic ring is 1. The largest absolute Gasteiger partial charge is 0.399 e. The molecule has 1 unspecified atom stereocenters. The van der Waals surface area contributed by atoms with E-state index in [2.05, 4.69) is 17.0 Å². The van der Waals surface area contributed by atoms with Gasteiger partial charge in [-0.15, -0.1) is 0 Å². The fourth-order valence-electron chi connectivity index (χ4n) is 3.13. The van der Waals surface area contributed by atoms with Crippen LogP contribution >= 0.6 is 0 Å². The van der Waals surface area contributed by atoms with E-state index in [1.807, 2.05) is 12.1 Å². The molecule has 1 aliphatic heterocycles. The second-order valence-corrected chi connectivity index (χ2v) is 5.92. The summed E-state index contributed by atoms with van der Waals surface area (Å²) in [5.41, 5.74) is 7.86. The Morgan fingerprint density at radius 2 is 1.84 bits per heavy atom. The molecule has 1 heterocycles. The first kappa shape index (κ1) is 12.5. The van der Waals surface area contributed by atoms with Crippen molar-refractivity contribution in [1.29, 1.82) is 0 Å². The van der Waals surface area contributed by atoms with E-state index in [0.29, 0.717) is 17.7 Å². The lowest BCUT2D eigenvalue weighted by molar-refractivity contribution is -0.139. The molecule has 0 spiro atoms. The summed E-state index contributed by atoms with van der Waals surface area (Å²) in [5.74, 6) is 1.20. The van der Waals surface area contributed by atoms with E-state index < -0.39 is 0 Å². The van der Waals surface area contributed by atoms with Crippen LogP contribution in [0, 0.1) is 5.92 Å². The van der Waals surface area contributed by atoms with Gasteiger partial charge in [-0.1, -0.05) is 18.6 Å². The number of hydrogen-bond acceptors (Lipinski definition) is 2. The molecule has 102 valence electrons. The highest BCUT2D eigenvalue weighted by molar-refractivity contribution is 5.79. The minimum Gasteiger partial charge on any atom is -0.399 e. The smallest absolute Gasteiger partial charge is 0.225 e. The van der Waals surface area contributed by atoms with Crippen LogP contribution in [-0.2, 0) is 4.79 Å². The molecule has 1 saturated heterocycles. The molecular weight excluding hydrogens is 236 g/mol. The van der Waals surface area contributed by atoms with Gasteiger partial charge in [-0.2, -0.15) is 0 Å². The monoisotopic (exact) mass is 258 g/mol. The first-order valence-electron chi connectivity index (χ1n) is 7.38. The zero-order valence-electron chi connectivity index (χ0n) is 11.3. The van der Waals surface area contributed by atoms with Gasteiger partial charge < -0.3 is 10.6 Å². The van der Waals surface area contributed by atoms with Gasteiger partial charge in [0.15, 0.2) is 0 Å². The highest BCUT2D eigenvalue weighted by atomic mass is 16.2. The van der Waals surface area contributed by atoms with Crippen molar-refractivity contribution in [3.63, 3.8) is 0 Å². The first-order chi connectivity index (χ1) is 9.24. The highest BCUT2D eigenvalue weighted by Crippen LogP contribution is 2.32. The molecule has 1 amide bonds.